The van der Waals surface area contributed by atoms with E-state index in [9.17, 15) is 19.1 Å². The van der Waals surface area contributed by atoms with Crippen molar-refractivity contribution in [2.75, 3.05) is 24.5 Å². The summed E-state index contributed by atoms with van der Waals surface area (Å²) < 4.78 is 37.0. The summed E-state index contributed by atoms with van der Waals surface area (Å²) in [6.45, 7) is 2.44. The number of hydrogen-bond donors (Lipinski definition) is 7. The van der Waals surface area contributed by atoms with Crippen molar-refractivity contribution in [3.8, 4) is 11.1 Å². The second-order valence-corrected chi connectivity index (χ2v) is 11.9. The Morgan fingerprint density at radius 2 is 2.10 bits per heavy atom. The van der Waals surface area contributed by atoms with E-state index in [1.165, 1.54) is 24.1 Å². The van der Waals surface area contributed by atoms with E-state index in [1.54, 1.807) is 12.1 Å². The fourth-order valence-electron chi connectivity index (χ4n) is 3.56. The summed E-state index contributed by atoms with van der Waals surface area (Å²) in [4.78, 5) is 32.3. The Kier molecular flexibility index (Phi) is 10.9. The third kappa shape index (κ3) is 8.02. The molecule has 210 valence electrons. The number of amides is 1. The zero-order chi connectivity index (χ0) is 28.6. The second kappa shape index (κ2) is 13.9. The fourth-order valence-corrected chi connectivity index (χ4v) is 4.61. The standard InChI is InChI=1S/C23H29FN6O6P2S/c1-23(37-32,38(33)34)36-21(39)28-12-18-13-30(22(31)35-18)17-6-7-19(20(24)8-17)15-4-2-14(3-5-15)10-27-11-16(9-25)29-26/h2-9,18,27,29,32,37H,10-13,25-26H2,1H3,(H-,28,33,34,39)/p+1/b16-9-/t18-,23?/m0/s1. The normalized spacial score (nSPS) is 17.6. The number of cyclic esters (lactones) is 1. The van der Waals surface area contributed by atoms with Gasteiger partial charge in [-0.3, -0.25) is 10.7 Å². The van der Waals surface area contributed by atoms with Crippen LogP contribution in [-0.2, 0) is 20.6 Å². The van der Waals surface area contributed by atoms with E-state index < -0.39 is 39.9 Å². The van der Waals surface area contributed by atoms with Gasteiger partial charge in [0.25, 0.3) is 5.17 Å². The van der Waals surface area contributed by atoms with E-state index >= 15 is 4.39 Å². The summed E-state index contributed by atoms with van der Waals surface area (Å²) in [6, 6.07) is 11.9. The van der Waals surface area contributed by atoms with Gasteiger partial charge in [-0.05, 0) is 46.1 Å². The van der Waals surface area contributed by atoms with E-state index in [4.69, 9.17) is 33.3 Å². The minimum absolute atomic E-state index is 0.0439. The van der Waals surface area contributed by atoms with E-state index in [-0.39, 0.29) is 18.3 Å². The van der Waals surface area contributed by atoms with Gasteiger partial charge in [0, 0.05) is 31.8 Å². The highest BCUT2D eigenvalue weighted by Crippen LogP contribution is 2.47. The highest BCUT2D eigenvalue weighted by molar-refractivity contribution is 7.80. The molecular weight excluding hydrogens is 569 g/mol. The average Bonchev–Trinajstić information content (AvgIpc) is 3.30. The smallest absolute Gasteiger partial charge is 0.442 e. The molecule has 1 aliphatic rings. The minimum Gasteiger partial charge on any atom is -0.442 e. The first-order valence-corrected chi connectivity index (χ1v) is 14.2. The molecule has 2 aromatic carbocycles. The van der Waals surface area contributed by atoms with Gasteiger partial charge in [0.1, 0.15) is 20.7 Å². The van der Waals surface area contributed by atoms with Crippen molar-refractivity contribution in [3.63, 3.8) is 0 Å². The molecule has 1 aliphatic heterocycles. The first-order chi connectivity index (χ1) is 18.6. The van der Waals surface area contributed by atoms with Crippen LogP contribution in [0.5, 0.6) is 0 Å². The first-order valence-electron chi connectivity index (χ1n) is 11.6. The van der Waals surface area contributed by atoms with Crippen LogP contribution >= 0.6 is 29.1 Å². The first kappa shape index (κ1) is 30.6. The molecule has 1 saturated heterocycles. The van der Waals surface area contributed by atoms with Crippen LogP contribution in [0, 0.1) is 5.82 Å². The molecule has 12 nitrogen and oxygen atoms in total. The maximum atomic E-state index is 15.1. The topological polar surface area (TPSA) is 184 Å². The van der Waals surface area contributed by atoms with Crippen molar-refractivity contribution in [2.24, 2.45) is 11.6 Å². The lowest BCUT2D eigenvalue weighted by molar-refractivity contribution is 0.140. The molecule has 0 saturated carbocycles. The molecule has 9 N–H and O–H groups in total. The number of ether oxygens (including phenoxy) is 2. The summed E-state index contributed by atoms with van der Waals surface area (Å²) in [5.74, 6) is 4.84. The van der Waals surface area contributed by atoms with Crippen molar-refractivity contribution >= 4 is 46.0 Å². The molecule has 4 atom stereocenters. The van der Waals surface area contributed by atoms with Crippen LogP contribution in [-0.4, -0.2) is 51.9 Å². The lowest BCUT2D eigenvalue weighted by Gasteiger charge is -2.18. The molecule has 1 fully saturated rings. The van der Waals surface area contributed by atoms with E-state index in [0.29, 0.717) is 35.6 Å². The Balaban J connectivity index is 1.57. The number of benzene rings is 2. The highest BCUT2D eigenvalue weighted by Gasteiger charge is 2.48. The number of nitrogens with two attached hydrogens (primary N) is 2. The molecule has 39 heavy (non-hydrogen) atoms. The zero-order valence-corrected chi connectivity index (χ0v) is 23.6. The number of halogens is 1. The van der Waals surface area contributed by atoms with E-state index in [1.807, 2.05) is 24.3 Å². The van der Waals surface area contributed by atoms with Crippen molar-refractivity contribution in [2.45, 2.75) is 24.7 Å². The third-order valence-corrected chi connectivity index (χ3v) is 8.21. The Morgan fingerprint density at radius 3 is 2.69 bits per heavy atom. The van der Waals surface area contributed by atoms with Crippen LogP contribution in [0.4, 0.5) is 14.9 Å². The molecule has 3 unspecified atom stereocenters. The van der Waals surface area contributed by atoms with Crippen LogP contribution in [0.25, 0.3) is 11.1 Å². The average molecular weight is 600 g/mol. The van der Waals surface area contributed by atoms with Crippen LogP contribution in [0.15, 0.2) is 54.4 Å². The van der Waals surface area contributed by atoms with Crippen LogP contribution in [0.2, 0.25) is 0 Å². The molecule has 0 bridgehead atoms. The van der Waals surface area contributed by atoms with Crippen LogP contribution < -0.4 is 32.5 Å². The fraction of sp³-hybridized carbons (Fsp3) is 0.304. The largest absolute Gasteiger partial charge is 0.560 e. The van der Waals surface area contributed by atoms with Gasteiger partial charge in [-0.2, -0.15) is 4.89 Å². The van der Waals surface area contributed by atoms with Crippen molar-refractivity contribution < 1.29 is 33.0 Å². The number of carbonyl (C=O) groups excluding carboxylic acids is 1. The maximum absolute atomic E-state index is 15.1. The minimum atomic E-state index is -2.86. The quantitative estimate of drug-likeness (QED) is 0.0817. The summed E-state index contributed by atoms with van der Waals surface area (Å²) in [5.41, 5.74) is 10.9. The number of thiocarbonyl (C=S) groups is 1. The maximum Gasteiger partial charge on any atom is 0.560 e. The Hall–Kier alpha value is -2.96. The number of nitrogens with one attached hydrogen (secondary N) is 3. The van der Waals surface area contributed by atoms with Gasteiger partial charge in [0.05, 0.1) is 24.5 Å². The molecule has 3 rings (SSSR count). The molecule has 0 aromatic heterocycles. The summed E-state index contributed by atoms with van der Waals surface area (Å²) in [6.07, 6.45) is 0.0766. The molecule has 1 amide bonds. The predicted molar refractivity (Wildman–Crippen MR) is 151 cm³/mol. The SMILES string of the molecule is CC(OC(=S)NC[C@H]1CN(c2ccc(-c3ccc(CNC/C(=C/N)NN)cc3)c(F)c2)C(=O)O1)(PO)[P+](=O)O. The summed E-state index contributed by atoms with van der Waals surface area (Å²) in [5, 5.41) is 3.92. The lowest BCUT2D eigenvalue weighted by Crippen LogP contribution is -2.37. The number of hydrazine groups is 1. The molecule has 0 aliphatic carbocycles. The molecule has 2 aromatic rings. The molecule has 0 radical (unpaired) electrons. The van der Waals surface area contributed by atoms with Crippen molar-refractivity contribution in [1.82, 2.24) is 16.1 Å². The van der Waals surface area contributed by atoms with Gasteiger partial charge in [-0.1, -0.05) is 24.3 Å². The van der Waals surface area contributed by atoms with Crippen molar-refractivity contribution in [3.05, 3.63) is 65.7 Å². The van der Waals surface area contributed by atoms with Crippen LogP contribution in [0.1, 0.15) is 12.5 Å². The lowest BCUT2D eigenvalue weighted by atomic mass is 10.0. The molecule has 1 heterocycles. The predicted octanol–water partition coefficient (Wildman–Crippen LogP) is 2.06. The number of anilines is 1. The Labute approximate surface area is 232 Å². The van der Waals surface area contributed by atoms with Gasteiger partial charge in [0.2, 0.25) is 0 Å². The Bertz CT molecular complexity index is 1240. The monoisotopic (exact) mass is 599 g/mol. The number of carbonyl (C=O) groups is 1. The van der Waals surface area contributed by atoms with Gasteiger partial charge >= 0.3 is 19.2 Å². The van der Waals surface area contributed by atoms with Gasteiger partial charge in [-0.15, -0.1) is 0 Å². The third-order valence-electron chi connectivity index (χ3n) is 5.77. The zero-order valence-electron chi connectivity index (χ0n) is 20.9. The van der Waals surface area contributed by atoms with E-state index in [0.717, 1.165) is 5.56 Å². The van der Waals surface area contributed by atoms with Crippen molar-refractivity contribution in [1.29, 1.82) is 0 Å². The van der Waals surface area contributed by atoms with Gasteiger partial charge in [0.15, 0.2) is 0 Å². The summed E-state index contributed by atoms with van der Waals surface area (Å²) in [7, 11) is -3.84. The van der Waals surface area contributed by atoms with Gasteiger partial charge < -0.3 is 36.2 Å². The number of rotatable bonds is 12. The summed E-state index contributed by atoms with van der Waals surface area (Å²) >= 11 is 5.00. The van der Waals surface area contributed by atoms with E-state index in [2.05, 4.69) is 16.1 Å². The van der Waals surface area contributed by atoms with Gasteiger partial charge in [-0.25, -0.2) is 9.18 Å². The highest BCUT2D eigenvalue weighted by atomic mass is 32.1. The Morgan fingerprint density at radius 1 is 1.38 bits per heavy atom. The van der Waals surface area contributed by atoms with Crippen LogP contribution in [0.3, 0.4) is 0 Å². The number of hydrogen-bond acceptors (Lipinski definition) is 10. The second-order valence-electron chi connectivity index (χ2n) is 8.56. The number of nitrogens with zero attached hydrogens (tertiary/aromatic N) is 1. The molecule has 16 heteroatoms. The molecule has 0 spiro atoms. The molecular formula is C23H30FN6O6P2S+.